The van der Waals surface area contributed by atoms with Crippen molar-refractivity contribution in [3.05, 3.63) is 29.8 Å². The molecule has 0 radical (unpaired) electrons. The van der Waals surface area contributed by atoms with Crippen molar-refractivity contribution in [3.8, 4) is 5.75 Å². The van der Waals surface area contributed by atoms with E-state index in [2.05, 4.69) is 0 Å². The van der Waals surface area contributed by atoms with Crippen molar-refractivity contribution >= 4 is 22.0 Å². The predicted octanol–water partition coefficient (Wildman–Crippen LogP) is 1.97. The maximum atomic E-state index is 12.4. The van der Waals surface area contributed by atoms with Gasteiger partial charge in [0.15, 0.2) is 0 Å². The Kier molecular flexibility index (Phi) is 6.01. The molecule has 1 saturated heterocycles. The monoisotopic (exact) mass is 352 g/mol. The molecule has 132 valence electrons. The number of carbonyl (C=O) groups excluding carboxylic acids is 1. The van der Waals surface area contributed by atoms with Crippen molar-refractivity contribution in [2.24, 2.45) is 0 Å². The molecule has 1 aromatic rings. The third kappa shape index (κ3) is 4.15. The van der Waals surface area contributed by atoms with E-state index in [0.29, 0.717) is 5.56 Å². The van der Waals surface area contributed by atoms with E-state index in [1.807, 2.05) is 4.90 Å². The summed E-state index contributed by atoms with van der Waals surface area (Å²) in [6.07, 6.45) is 6.38. The molecule has 1 aliphatic rings. The van der Waals surface area contributed by atoms with Gasteiger partial charge >= 0.3 is 0 Å². The van der Waals surface area contributed by atoms with Gasteiger partial charge in [-0.25, -0.2) is 12.7 Å². The molecule has 1 heterocycles. The zero-order valence-electron chi connectivity index (χ0n) is 14.4. The van der Waals surface area contributed by atoms with E-state index in [1.54, 1.807) is 18.2 Å². The number of ether oxygens (including phenoxy) is 1. The Balaban J connectivity index is 2.25. The number of rotatable bonds is 5. The van der Waals surface area contributed by atoms with Crippen LogP contribution in [0.25, 0.3) is 6.08 Å². The maximum Gasteiger partial charge on any atom is 0.246 e. The van der Waals surface area contributed by atoms with Gasteiger partial charge in [0.2, 0.25) is 15.9 Å². The van der Waals surface area contributed by atoms with Gasteiger partial charge < -0.3 is 9.64 Å². The molecule has 0 spiro atoms. The Morgan fingerprint density at radius 3 is 2.46 bits per heavy atom. The summed E-state index contributed by atoms with van der Waals surface area (Å²) in [6.45, 7) is 1.57. The second-order valence-corrected chi connectivity index (χ2v) is 8.04. The van der Waals surface area contributed by atoms with Gasteiger partial charge in [-0.3, -0.25) is 4.79 Å². The molecule has 7 heteroatoms. The minimum absolute atomic E-state index is 0.0393. The minimum Gasteiger partial charge on any atom is -0.495 e. The maximum absolute atomic E-state index is 12.4. The Labute approximate surface area is 143 Å². The van der Waals surface area contributed by atoms with Gasteiger partial charge in [0.1, 0.15) is 10.6 Å². The highest BCUT2D eigenvalue weighted by Crippen LogP contribution is 2.27. The van der Waals surface area contributed by atoms with Crippen molar-refractivity contribution < 1.29 is 17.9 Å². The average Bonchev–Trinajstić information content (AvgIpc) is 2.60. The van der Waals surface area contributed by atoms with E-state index in [9.17, 15) is 13.2 Å². The van der Waals surface area contributed by atoms with Crippen LogP contribution in [-0.2, 0) is 14.8 Å². The average molecular weight is 352 g/mol. The van der Waals surface area contributed by atoms with E-state index in [0.717, 1.165) is 36.7 Å². The van der Waals surface area contributed by atoms with Gasteiger partial charge in [0.25, 0.3) is 0 Å². The summed E-state index contributed by atoms with van der Waals surface area (Å²) in [5, 5.41) is 0. The van der Waals surface area contributed by atoms with Crippen molar-refractivity contribution in [2.45, 2.75) is 24.2 Å². The molecule has 1 amide bonds. The van der Waals surface area contributed by atoms with E-state index in [4.69, 9.17) is 4.74 Å². The van der Waals surface area contributed by atoms with Gasteiger partial charge in [-0.15, -0.1) is 0 Å². The molecule has 6 nitrogen and oxygen atoms in total. The number of methoxy groups -OCH3 is 1. The second-order valence-electron chi connectivity index (χ2n) is 5.92. The second kappa shape index (κ2) is 7.81. The van der Waals surface area contributed by atoms with Gasteiger partial charge in [0, 0.05) is 33.3 Å². The third-order valence-electron chi connectivity index (χ3n) is 4.03. The number of sulfonamides is 1. The SMILES string of the molecule is COc1ccc(/C=C/C(=O)N2CCCCC2)cc1S(=O)(=O)N(C)C. The zero-order chi connectivity index (χ0) is 17.7. The van der Waals surface area contributed by atoms with Crippen molar-refractivity contribution in [2.75, 3.05) is 34.3 Å². The zero-order valence-corrected chi connectivity index (χ0v) is 15.2. The van der Waals surface area contributed by atoms with Crippen molar-refractivity contribution in [3.63, 3.8) is 0 Å². The van der Waals surface area contributed by atoms with E-state index < -0.39 is 10.0 Å². The standard InChI is InChI=1S/C17H24N2O4S/c1-18(2)24(21,22)16-13-14(7-9-15(16)23-3)8-10-17(20)19-11-5-4-6-12-19/h7-10,13H,4-6,11-12H2,1-3H3/b10-8+. The van der Waals surface area contributed by atoms with Gasteiger partial charge in [-0.05, 0) is 43.0 Å². The predicted molar refractivity (Wildman–Crippen MR) is 93.3 cm³/mol. The van der Waals surface area contributed by atoms with Crippen LogP contribution in [0, 0.1) is 0 Å². The largest absolute Gasteiger partial charge is 0.495 e. The summed E-state index contributed by atoms with van der Waals surface area (Å²) in [4.78, 5) is 14.1. The molecule has 0 aromatic heterocycles. The highest BCUT2D eigenvalue weighted by Gasteiger charge is 2.22. The van der Waals surface area contributed by atoms with Crippen molar-refractivity contribution in [1.29, 1.82) is 0 Å². The number of hydrogen-bond acceptors (Lipinski definition) is 4. The summed E-state index contributed by atoms with van der Waals surface area (Å²) in [6, 6.07) is 4.85. The quantitative estimate of drug-likeness (QED) is 0.760. The lowest BCUT2D eigenvalue weighted by atomic mass is 10.1. The fraction of sp³-hybridized carbons (Fsp3) is 0.471. The molecule has 0 atom stereocenters. The van der Waals surface area contributed by atoms with E-state index >= 15 is 0 Å². The fourth-order valence-electron chi connectivity index (χ4n) is 2.58. The fourth-order valence-corrected chi connectivity index (χ4v) is 3.67. The molecule has 1 aliphatic heterocycles. The Morgan fingerprint density at radius 1 is 1.21 bits per heavy atom. The molecule has 0 aliphatic carbocycles. The highest BCUT2D eigenvalue weighted by atomic mass is 32.2. The van der Waals surface area contributed by atoms with Crippen LogP contribution in [0.1, 0.15) is 24.8 Å². The van der Waals surface area contributed by atoms with Crippen LogP contribution in [0.2, 0.25) is 0 Å². The lowest BCUT2D eigenvalue weighted by molar-refractivity contribution is -0.126. The smallest absolute Gasteiger partial charge is 0.246 e. The number of benzene rings is 1. The van der Waals surface area contributed by atoms with Crippen LogP contribution in [0.5, 0.6) is 5.75 Å². The first kappa shape index (κ1) is 18.5. The summed E-state index contributed by atoms with van der Waals surface area (Å²) in [5.41, 5.74) is 0.640. The summed E-state index contributed by atoms with van der Waals surface area (Å²) >= 11 is 0. The Morgan fingerprint density at radius 2 is 1.88 bits per heavy atom. The third-order valence-corrected chi connectivity index (χ3v) is 5.87. The molecule has 0 saturated carbocycles. The summed E-state index contributed by atoms with van der Waals surface area (Å²) in [7, 11) is 0.747. The lowest BCUT2D eigenvalue weighted by Crippen LogP contribution is -2.34. The molecule has 2 rings (SSSR count). The van der Waals surface area contributed by atoms with E-state index in [1.165, 1.54) is 33.3 Å². The number of likely N-dealkylation sites (tertiary alicyclic amines) is 1. The van der Waals surface area contributed by atoms with Crippen LogP contribution >= 0.6 is 0 Å². The highest BCUT2D eigenvalue weighted by molar-refractivity contribution is 7.89. The molecular weight excluding hydrogens is 328 g/mol. The normalized spacial score (nSPS) is 15.9. The van der Waals surface area contributed by atoms with Gasteiger partial charge in [-0.2, -0.15) is 0 Å². The molecular formula is C17H24N2O4S. The van der Waals surface area contributed by atoms with Crippen LogP contribution in [-0.4, -0.2) is 57.8 Å². The minimum atomic E-state index is -3.62. The molecule has 1 fully saturated rings. The topological polar surface area (TPSA) is 66.9 Å². The van der Waals surface area contributed by atoms with Crippen molar-refractivity contribution in [1.82, 2.24) is 9.21 Å². The molecule has 0 bridgehead atoms. The summed E-state index contributed by atoms with van der Waals surface area (Å²) < 4.78 is 31.1. The van der Waals surface area contributed by atoms with Crippen LogP contribution in [0.3, 0.4) is 0 Å². The first-order valence-corrected chi connectivity index (χ1v) is 9.38. The molecule has 0 unspecified atom stereocenters. The van der Waals surface area contributed by atoms with Crippen LogP contribution in [0.15, 0.2) is 29.2 Å². The number of carbonyl (C=O) groups is 1. The van der Waals surface area contributed by atoms with Crippen LogP contribution in [0.4, 0.5) is 0 Å². The lowest BCUT2D eigenvalue weighted by Gasteiger charge is -2.25. The Hall–Kier alpha value is -1.86. The van der Waals surface area contributed by atoms with Gasteiger partial charge in [-0.1, -0.05) is 6.07 Å². The Bertz CT molecular complexity index is 720. The first-order valence-electron chi connectivity index (χ1n) is 7.94. The van der Waals surface area contributed by atoms with Gasteiger partial charge in [0.05, 0.1) is 7.11 Å². The molecule has 0 N–H and O–H groups in total. The number of hydrogen-bond donors (Lipinski definition) is 0. The summed E-state index contributed by atoms with van der Waals surface area (Å²) in [5.74, 6) is 0.241. The van der Waals surface area contributed by atoms with E-state index in [-0.39, 0.29) is 16.6 Å². The van der Waals surface area contributed by atoms with Crippen LogP contribution < -0.4 is 4.74 Å². The number of nitrogens with zero attached hydrogens (tertiary/aromatic N) is 2. The molecule has 1 aromatic carbocycles. The first-order chi connectivity index (χ1) is 11.4. The number of amides is 1. The number of piperidine rings is 1. The molecule has 24 heavy (non-hydrogen) atoms.